The topological polar surface area (TPSA) is 58.5 Å². The minimum atomic E-state index is -0.337. The molecule has 1 aromatic heterocycles. The zero-order chi connectivity index (χ0) is 16.2. The molecule has 0 saturated carbocycles. The predicted octanol–water partition coefficient (Wildman–Crippen LogP) is 3.01. The van der Waals surface area contributed by atoms with Gasteiger partial charge in [0, 0.05) is 31.3 Å². The summed E-state index contributed by atoms with van der Waals surface area (Å²) < 4.78 is 18.6. The van der Waals surface area contributed by atoms with E-state index in [2.05, 4.69) is 14.9 Å². The summed E-state index contributed by atoms with van der Waals surface area (Å²) in [6.07, 6.45) is 3.33. The largest absolute Gasteiger partial charge is 0.439 e. The number of nitrogens with zero attached hydrogens (tertiary/aromatic N) is 3. The highest BCUT2D eigenvalue weighted by atomic mass is 19.1. The third-order valence-electron chi connectivity index (χ3n) is 4.08. The number of hydrogen-bond acceptors (Lipinski definition) is 5. The number of rotatable bonds is 4. The molecule has 6 heteroatoms. The van der Waals surface area contributed by atoms with E-state index in [4.69, 9.17) is 4.74 Å². The molecule has 2 aromatic rings. The van der Waals surface area contributed by atoms with Gasteiger partial charge >= 0.3 is 0 Å². The van der Waals surface area contributed by atoms with Gasteiger partial charge in [-0.05, 0) is 44.0 Å². The molecule has 0 amide bonds. The maximum absolute atomic E-state index is 12.9. The molecule has 5 nitrogen and oxygen atoms in total. The maximum Gasteiger partial charge on any atom is 0.228 e. The Kier molecular flexibility index (Phi) is 4.71. The van der Waals surface area contributed by atoms with Gasteiger partial charge in [-0.15, -0.1) is 0 Å². The zero-order valence-electron chi connectivity index (χ0n) is 13.0. The third-order valence-corrected chi connectivity index (χ3v) is 4.08. The van der Waals surface area contributed by atoms with Gasteiger partial charge in [-0.2, -0.15) is 4.98 Å². The maximum atomic E-state index is 12.9. The number of aliphatic hydroxyl groups excluding tert-OH is 1. The molecule has 1 aliphatic rings. The summed E-state index contributed by atoms with van der Waals surface area (Å²) in [7, 11) is 0. The van der Waals surface area contributed by atoms with Gasteiger partial charge in [0.15, 0.2) is 0 Å². The lowest BCUT2D eigenvalue weighted by atomic mass is 9.94. The van der Waals surface area contributed by atoms with E-state index in [0.29, 0.717) is 17.6 Å². The summed E-state index contributed by atoms with van der Waals surface area (Å²) in [4.78, 5) is 10.8. The average Bonchev–Trinajstić information content (AvgIpc) is 2.57. The number of aromatic nitrogens is 2. The second-order valence-electron chi connectivity index (χ2n) is 5.84. The molecule has 2 unspecified atom stereocenters. The van der Waals surface area contributed by atoms with Crippen LogP contribution < -0.4 is 9.64 Å². The van der Waals surface area contributed by atoms with E-state index >= 15 is 0 Å². The van der Waals surface area contributed by atoms with Crippen LogP contribution in [0.25, 0.3) is 0 Å². The van der Waals surface area contributed by atoms with Crippen molar-refractivity contribution in [2.24, 2.45) is 5.92 Å². The first-order valence-corrected chi connectivity index (χ1v) is 7.81. The molecule has 1 fully saturated rings. The summed E-state index contributed by atoms with van der Waals surface area (Å²) >= 11 is 0. The minimum Gasteiger partial charge on any atom is -0.439 e. The molecule has 2 heterocycles. The molecular formula is C17H20FN3O2. The van der Waals surface area contributed by atoms with Crippen LogP contribution in [-0.4, -0.2) is 34.3 Å². The lowest BCUT2D eigenvalue weighted by Gasteiger charge is -2.34. The van der Waals surface area contributed by atoms with Gasteiger partial charge in [-0.25, -0.2) is 9.37 Å². The van der Waals surface area contributed by atoms with Crippen molar-refractivity contribution in [3.63, 3.8) is 0 Å². The van der Waals surface area contributed by atoms with Crippen LogP contribution in [0.1, 0.15) is 19.8 Å². The molecule has 3 rings (SSSR count). The molecule has 122 valence electrons. The molecule has 1 N–H and O–H groups in total. The van der Waals surface area contributed by atoms with Crippen LogP contribution in [0.2, 0.25) is 0 Å². The van der Waals surface area contributed by atoms with E-state index < -0.39 is 0 Å². The van der Waals surface area contributed by atoms with Crippen molar-refractivity contribution in [3.05, 3.63) is 42.3 Å². The fraction of sp³-hybridized carbons (Fsp3) is 0.412. The predicted molar refractivity (Wildman–Crippen MR) is 85.1 cm³/mol. The molecule has 0 radical (unpaired) electrons. The lowest BCUT2D eigenvalue weighted by molar-refractivity contribution is 0.114. The quantitative estimate of drug-likeness (QED) is 0.939. The molecule has 2 atom stereocenters. The number of ether oxygens (including phenoxy) is 1. The van der Waals surface area contributed by atoms with Gasteiger partial charge in [0.1, 0.15) is 11.6 Å². The summed E-state index contributed by atoms with van der Waals surface area (Å²) in [6, 6.07) is 7.47. The molecule has 1 aromatic carbocycles. The second-order valence-corrected chi connectivity index (χ2v) is 5.84. The molecule has 1 saturated heterocycles. The number of anilines is 1. The zero-order valence-corrected chi connectivity index (χ0v) is 13.0. The monoisotopic (exact) mass is 317 g/mol. The van der Waals surface area contributed by atoms with Crippen molar-refractivity contribution >= 4 is 5.95 Å². The van der Waals surface area contributed by atoms with E-state index in [0.717, 1.165) is 25.9 Å². The third kappa shape index (κ3) is 3.96. The summed E-state index contributed by atoms with van der Waals surface area (Å²) in [5, 5.41) is 9.79. The van der Waals surface area contributed by atoms with Crippen molar-refractivity contribution in [3.8, 4) is 11.6 Å². The fourth-order valence-corrected chi connectivity index (χ4v) is 2.75. The van der Waals surface area contributed by atoms with E-state index in [1.54, 1.807) is 24.4 Å². The van der Waals surface area contributed by atoms with Gasteiger partial charge in [-0.3, -0.25) is 0 Å². The first kappa shape index (κ1) is 15.7. The van der Waals surface area contributed by atoms with Crippen LogP contribution in [0.4, 0.5) is 10.3 Å². The van der Waals surface area contributed by atoms with Crippen molar-refractivity contribution in [2.75, 3.05) is 18.0 Å². The lowest BCUT2D eigenvalue weighted by Crippen LogP contribution is -2.40. The second kappa shape index (κ2) is 6.91. The van der Waals surface area contributed by atoms with Gasteiger partial charge in [0.05, 0.1) is 6.10 Å². The number of hydrogen-bond donors (Lipinski definition) is 1. The molecule has 0 spiro atoms. The summed E-state index contributed by atoms with van der Waals surface area (Å²) in [6.45, 7) is 3.42. The smallest absolute Gasteiger partial charge is 0.228 e. The van der Waals surface area contributed by atoms with Gasteiger partial charge in [-0.1, -0.05) is 0 Å². The number of aliphatic hydroxyl groups is 1. The Hall–Kier alpha value is -2.21. The number of piperidine rings is 1. The van der Waals surface area contributed by atoms with E-state index in [9.17, 15) is 9.50 Å². The highest BCUT2D eigenvalue weighted by molar-refractivity contribution is 5.34. The highest BCUT2D eigenvalue weighted by Gasteiger charge is 2.25. The van der Waals surface area contributed by atoms with Crippen molar-refractivity contribution in [2.45, 2.75) is 25.9 Å². The van der Waals surface area contributed by atoms with Crippen LogP contribution in [0.3, 0.4) is 0 Å². The van der Waals surface area contributed by atoms with Crippen molar-refractivity contribution < 1.29 is 14.2 Å². The standard InChI is InChI=1S/C17H20FN3O2/c1-12(22)13-3-2-10-21(11-13)17-19-9-8-16(20-17)23-15-6-4-14(18)5-7-15/h4-9,12-13,22H,2-3,10-11H2,1H3. The normalized spacial score (nSPS) is 19.4. The first-order chi connectivity index (χ1) is 11.1. The Morgan fingerprint density at radius 2 is 2.09 bits per heavy atom. The summed E-state index contributed by atoms with van der Waals surface area (Å²) in [5.41, 5.74) is 0. The van der Waals surface area contributed by atoms with Crippen LogP contribution in [0.5, 0.6) is 11.6 Å². The summed E-state index contributed by atoms with van der Waals surface area (Å²) in [5.74, 6) is 1.46. The molecule has 23 heavy (non-hydrogen) atoms. The molecular weight excluding hydrogens is 297 g/mol. The SMILES string of the molecule is CC(O)C1CCCN(c2nccc(Oc3ccc(F)cc3)n2)C1. The molecule has 0 bridgehead atoms. The van der Waals surface area contributed by atoms with Crippen molar-refractivity contribution in [1.82, 2.24) is 9.97 Å². The first-order valence-electron chi connectivity index (χ1n) is 7.81. The Morgan fingerprint density at radius 1 is 1.30 bits per heavy atom. The average molecular weight is 317 g/mol. The highest BCUT2D eigenvalue weighted by Crippen LogP contribution is 2.25. The Bertz CT molecular complexity index is 649. The fourth-order valence-electron chi connectivity index (χ4n) is 2.75. The van der Waals surface area contributed by atoms with Gasteiger partial charge < -0.3 is 14.7 Å². The van der Waals surface area contributed by atoms with Crippen LogP contribution in [-0.2, 0) is 0 Å². The van der Waals surface area contributed by atoms with Gasteiger partial charge in [0.25, 0.3) is 0 Å². The number of benzene rings is 1. The minimum absolute atomic E-state index is 0.231. The van der Waals surface area contributed by atoms with E-state index in [1.165, 1.54) is 12.1 Å². The van der Waals surface area contributed by atoms with E-state index in [1.807, 2.05) is 6.92 Å². The van der Waals surface area contributed by atoms with E-state index in [-0.39, 0.29) is 17.8 Å². The molecule has 0 aliphatic carbocycles. The Balaban J connectivity index is 1.73. The Morgan fingerprint density at radius 3 is 2.83 bits per heavy atom. The van der Waals surface area contributed by atoms with Crippen molar-refractivity contribution in [1.29, 1.82) is 0 Å². The molecule has 1 aliphatic heterocycles. The van der Waals surface area contributed by atoms with Gasteiger partial charge in [0.2, 0.25) is 11.8 Å². The number of halogens is 1. The van der Waals surface area contributed by atoms with Crippen LogP contribution in [0, 0.1) is 11.7 Å². The van der Waals surface area contributed by atoms with Crippen LogP contribution in [0.15, 0.2) is 36.5 Å². The van der Waals surface area contributed by atoms with Crippen LogP contribution >= 0.6 is 0 Å². The Labute approximate surface area is 134 Å².